The molecular weight excluding hydrogens is 820 g/mol. The van der Waals surface area contributed by atoms with Gasteiger partial charge in [-0.05, 0) is 42.2 Å². The molecule has 2 unspecified atom stereocenters. The molecule has 0 spiro atoms. The van der Waals surface area contributed by atoms with Crippen LogP contribution in [0.25, 0.3) is 27.2 Å². The van der Waals surface area contributed by atoms with Gasteiger partial charge in [0.05, 0.1) is 38.2 Å². The summed E-state index contributed by atoms with van der Waals surface area (Å²) in [6, 6.07) is 7.50. The molecule has 2 aliphatic heterocycles. The maximum atomic E-state index is 16.8. The van der Waals surface area contributed by atoms with Crippen molar-refractivity contribution in [3.63, 3.8) is 0 Å². The summed E-state index contributed by atoms with van der Waals surface area (Å²) in [6.45, 7) is -2.54. The molecule has 2 saturated heterocycles. The third kappa shape index (κ3) is 7.55. The number of hydrogen-bond donors (Lipinski definition) is 3. The summed E-state index contributed by atoms with van der Waals surface area (Å²) in [7, 11) is 0. The Morgan fingerprint density at radius 1 is 1.02 bits per heavy atom. The zero-order valence-electron chi connectivity index (χ0n) is 28.6. The molecule has 3 fully saturated rings. The predicted octanol–water partition coefficient (Wildman–Crippen LogP) is 3.54. The van der Waals surface area contributed by atoms with Gasteiger partial charge in [0.25, 0.3) is 11.5 Å². The number of nitrogens with one attached hydrogen (secondary N) is 2. The molecule has 5 aromatic rings. The van der Waals surface area contributed by atoms with Gasteiger partial charge in [0, 0.05) is 11.5 Å². The van der Waals surface area contributed by atoms with E-state index in [-0.39, 0.29) is 47.7 Å². The van der Waals surface area contributed by atoms with Gasteiger partial charge in [-0.3, -0.25) is 18.7 Å². The number of aromatic nitrogens is 8. The van der Waals surface area contributed by atoms with Crippen LogP contribution in [0, 0.1) is 12.5 Å². The van der Waals surface area contributed by atoms with E-state index < -0.39 is 87.0 Å². The van der Waals surface area contributed by atoms with E-state index in [0.717, 1.165) is 6.33 Å². The van der Waals surface area contributed by atoms with E-state index in [9.17, 15) is 14.5 Å². The van der Waals surface area contributed by atoms with Gasteiger partial charge in [-0.15, -0.1) is 0 Å². The lowest BCUT2D eigenvalue weighted by atomic mass is 10.1. The van der Waals surface area contributed by atoms with E-state index in [1.54, 1.807) is 30.3 Å². The highest BCUT2D eigenvalue weighted by atomic mass is 32.5. The average molecular weight is 851 g/mol. The number of benzene rings is 1. The number of ether oxygens (including phenoxy) is 1. The molecular formula is C31H30F2N10O9P2S2. The number of imidazole rings is 2. The Morgan fingerprint density at radius 2 is 1.79 bits per heavy atom. The lowest BCUT2D eigenvalue weighted by Gasteiger charge is -2.29. The quantitative estimate of drug-likeness (QED) is 0.121. The molecule has 19 nitrogen and oxygen atoms in total. The van der Waals surface area contributed by atoms with Crippen LogP contribution in [0.1, 0.15) is 29.0 Å². The monoisotopic (exact) mass is 850 g/mol. The van der Waals surface area contributed by atoms with Crippen molar-refractivity contribution >= 4 is 71.1 Å². The van der Waals surface area contributed by atoms with Crippen molar-refractivity contribution in [1.29, 1.82) is 0 Å². The minimum atomic E-state index is -4.32. The van der Waals surface area contributed by atoms with Gasteiger partial charge in [-0.25, -0.2) is 40.3 Å². The predicted molar refractivity (Wildman–Crippen MR) is 199 cm³/mol. The largest absolute Gasteiger partial charge is 0.346 e. The number of fused-ring (bicyclic) bond motifs is 5. The molecule has 1 aliphatic carbocycles. The second-order valence-corrected chi connectivity index (χ2v) is 18.6. The first-order chi connectivity index (χ1) is 26.9. The molecule has 294 valence electrons. The number of amides is 1. The van der Waals surface area contributed by atoms with E-state index in [0.29, 0.717) is 5.56 Å². The topological polar surface area (TPSA) is 216 Å². The molecule has 25 heteroatoms. The van der Waals surface area contributed by atoms with Gasteiger partial charge < -0.3 is 47.4 Å². The Hall–Kier alpha value is -4.04. The Morgan fingerprint density at radius 3 is 2.59 bits per heavy atom. The lowest BCUT2D eigenvalue weighted by Crippen LogP contribution is -2.34. The second-order valence-electron chi connectivity index (χ2n) is 12.8. The first-order valence-electron chi connectivity index (χ1n) is 16.9. The number of carbonyl (C=O) groups excluding carboxylic acids is 1. The summed E-state index contributed by atoms with van der Waals surface area (Å²) >= 11 is 11.1. The number of aromatic amines is 1. The lowest BCUT2D eigenvalue weighted by molar-refractivity contribution is -0.0448. The number of halogens is 2. The number of hydrogen-bond acceptors (Lipinski definition) is 15. The molecule has 10 atom stereocenters. The zero-order chi connectivity index (χ0) is 39.2. The molecule has 1 saturated carbocycles. The second kappa shape index (κ2) is 15.7. The maximum Gasteiger partial charge on any atom is 0.327 e. The smallest absolute Gasteiger partial charge is 0.327 e. The van der Waals surface area contributed by atoms with E-state index >= 15 is 8.78 Å². The van der Waals surface area contributed by atoms with E-state index in [1.807, 2.05) is 0 Å². The van der Waals surface area contributed by atoms with Crippen LogP contribution in [0.4, 0.5) is 14.6 Å². The van der Waals surface area contributed by atoms with Crippen LogP contribution in [0.15, 0.2) is 60.4 Å². The van der Waals surface area contributed by atoms with E-state index in [4.69, 9.17) is 57.5 Å². The van der Waals surface area contributed by atoms with Crippen LogP contribution < -0.4 is 10.9 Å². The zero-order valence-corrected chi connectivity index (χ0v) is 32.0. The average Bonchev–Trinajstić information content (AvgIpc) is 3.95. The summed E-state index contributed by atoms with van der Waals surface area (Å²) in [4.78, 5) is 63.3. The van der Waals surface area contributed by atoms with Crippen LogP contribution in [-0.4, -0.2) is 107 Å². The van der Waals surface area contributed by atoms with Crippen LogP contribution in [0.2, 0.25) is 0 Å². The molecule has 3 aliphatic rings. The molecule has 1 aromatic carbocycles. The highest BCUT2D eigenvalue weighted by Gasteiger charge is 2.53. The number of alkyl halides is 2. The molecule has 6 heterocycles. The summed E-state index contributed by atoms with van der Waals surface area (Å²) in [6.07, 6.45) is -4.88. The fourth-order valence-corrected chi connectivity index (χ4v) is 10.4. The minimum absolute atomic E-state index is 0.00222. The molecule has 0 radical (unpaired) electrons. The SMILES string of the molecule is [C-]#[N+]CCOP1(=S)OC[C@H]2C[C@@H](n3cnc4c(=O)[nH]cnc43)[C@H](OP(O)(=S)OC[C@H]3O[C@@H](n4cnc5c(NC(=O)c6ccccc6)ncnc54)[C@H](F)[C@@H]3O1)[C@@H]2F. The molecule has 2 bridgehead atoms. The van der Waals surface area contributed by atoms with Gasteiger partial charge in [-0.2, -0.15) is 0 Å². The standard InChI is InChI=1S/C31H30F2N10O9P2S2/c1-34-7-8-47-54(56)49-10-17-9-18(42-14-40-23-28(42)37-13-38-30(23)45)24(20(17)32)51-53(46,55)48-11-19-25(52-54)21(33)31(50-19)43-15-39-22-26(35-12-36-27(22)43)41-29(44)16-5-3-2-4-6-16/h2-6,12-15,17-21,24-25,31H,7-11H2,(H,46,55)(H,37,38,45)(H,35,36,41,44)/t17-,18-,19-,20-,21-,24+,25-,31-,53?,54?/m1/s1. The van der Waals surface area contributed by atoms with Crippen molar-refractivity contribution in [2.45, 2.75) is 49.3 Å². The van der Waals surface area contributed by atoms with Crippen molar-refractivity contribution in [3.05, 3.63) is 83.0 Å². The first kappa shape index (κ1) is 38.8. The fourth-order valence-electron chi connectivity index (χ4n) is 6.78. The molecule has 1 amide bonds. The molecule has 8 rings (SSSR count). The summed E-state index contributed by atoms with van der Waals surface area (Å²) in [5.41, 5.74) is 0.190. The van der Waals surface area contributed by atoms with Gasteiger partial charge in [0.2, 0.25) is 6.54 Å². The van der Waals surface area contributed by atoms with Crippen LogP contribution in [-0.2, 0) is 51.0 Å². The van der Waals surface area contributed by atoms with Crippen LogP contribution >= 0.6 is 13.4 Å². The van der Waals surface area contributed by atoms with Crippen molar-refractivity contribution in [2.75, 3.05) is 31.7 Å². The van der Waals surface area contributed by atoms with Crippen molar-refractivity contribution in [3.8, 4) is 0 Å². The Kier molecular flexibility index (Phi) is 10.9. The molecule has 4 aromatic heterocycles. The van der Waals surface area contributed by atoms with Crippen LogP contribution in [0.5, 0.6) is 0 Å². The van der Waals surface area contributed by atoms with Crippen molar-refractivity contribution in [1.82, 2.24) is 39.0 Å². The number of H-pyrrole nitrogens is 1. The highest BCUT2D eigenvalue weighted by Crippen LogP contribution is 2.58. The Balaban J connectivity index is 1.10. The van der Waals surface area contributed by atoms with Crippen molar-refractivity contribution < 1.29 is 45.8 Å². The molecule has 3 N–H and O–H groups in total. The van der Waals surface area contributed by atoms with Gasteiger partial charge >= 0.3 is 13.4 Å². The molecule has 56 heavy (non-hydrogen) atoms. The Bertz CT molecular complexity index is 2470. The normalized spacial score (nSPS) is 32.2. The van der Waals surface area contributed by atoms with Crippen molar-refractivity contribution in [2.24, 2.45) is 5.92 Å². The van der Waals surface area contributed by atoms with Crippen LogP contribution in [0.3, 0.4) is 0 Å². The van der Waals surface area contributed by atoms with Gasteiger partial charge in [0.15, 0.2) is 40.5 Å². The third-order valence-corrected chi connectivity index (χ3v) is 13.3. The number of nitrogens with zero attached hydrogens (tertiary/aromatic N) is 8. The highest BCUT2D eigenvalue weighted by molar-refractivity contribution is 8.07. The first-order valence-corrected chi connectivity index (χ1v) is 22.0. The third-order valence-electron chi connectivity index (χ3n) is 9.38. The summed E-state index contributed by atoms with van der Waals surface area (Å²) in [5, 5.41) is 2.69. The maximum absolute atomic E-state index is 16.8. The number of rotatable bonds is 7. The minimum Gasteiger partial charge on any atom is -0.346 e. The summed E-state index contributed by atoms with van der Waals surface area (Å²) in [5.74, 6) is -1.39. The Labute approximate surface area is 325 Å². The van der Waals surface area contributed by atoms with Gasteiger partial charge in [-0.1, -0.05) is 18.2 Å². The fraction of sp³-hybridized carbons (Fsp3) is 0.419. The number of anilines is 1. The summed E-state index contributed by atoms with van der Waals surface area (Å²) < 4.78 is 71.5. The van der Waals surface area contributed by atoms with E-state index in [1.165, 1.54) is 28.1 Å². The van der Waals surface area contributed by atoms with Gasteiger partial charge in [0.1, 0.15) is 37.4 Å². The number of carbonyl (C=O) groups is 1. The van der Waals surface area contributed by atoms with E-state index in [2.05, 4.69) is 40.1 Å².